The molecule has 1 aliphatic carbocycles. The average Bonchev–Trinajstić information content (AvgIpc) is 3.00. The van der Waals surface area contributed by atoms with Gasteiger partial charge in [-0.15, -0.1) is 0 Å². The van der Waals surface area contributed by atoms with Crippen LogP contribution in [0.2, 0.25) is 5.02 Å². The van der Waals surface area contributed by atoms with E-state index in [1.165, 1.54) is 25.0 Å². The fraction of sp³-hybridized carbons (Fsp3) is 0.455. The van der Waals surface area contributed by atoms with Crippen molar-refractivity contribution in [3.63, 3.8) is 0 Å². The zero-order valence-electron chi connectivity index (χ0n) is 8.71. The third kappa shape index (κ3) is 2.84. The van der Waals surface area contributed by atoms with E-state index in [2.05, 4.69) is 4.84 Å². The van der Waals surface area contributed by atoms with Crippen LogP contribution in [-0.2, 0) is 11.4 Å². The average molecular weight is 246 g/mol. The van der Waals surface area contributed by atoms with Gasteiger partial charge >= 0.3 is 0 Å². The Morgan fingerprint density at radius 1 is 1.44 bits per heavy atom. The van der Waals surface area contributed by atoms with Crippen LogP contribution in [0.4, 0.5) is 4.39 Å². The second kappa shape index (κ2) is 4.99. The zero-order valence-corrected chi connectivity index (χ0v) is 9.47. The van der Waals surface area contributed by atoms with Crippen molar-refractivity contribution in [2.24, 2.45) is 11.8 Å². The van der Waals surface area contributed by atoms with Gasteiger partial charge in [0.25, 0.3) is 0 Å². The molecular formula is C11H13ClFNO2. The van der Waals surface area contributed by atoms with Crippen molar-refractivity contribution in [2.45, 2.75) is 19.4 Å². The van der Waals surface area contributed by atoms with E-state index < -0.39 is 5.82 Å². The summed E-state index contributed by atoms with van der Waals surface area (Å²) in [6.07, 6.45) is 2.36. The molecule has 0 aliphatic heterocycles. The summed E-state index contributed by atoms with van der Waals surface area (Å²) in [4.78, 5) is 4.50. The number of hydrogen-bond donors (Lipinski definition) is 1. The van der Waals surface area contributed by atoms with Crippen LogP contribution in [0.5, 0.6) is 5.75 Å². The van der Waals surface area contributed by atoms with Crippen LogP contribution in [-0.4, -0.2) is 6.61 Å². The van der Waals surface area contributed by atoms with Crippen LogP contribution >= 0.6 is 11.6 Å². The minimum absolute atomic E-state index is 0.0808. The maximum atomic E-state index is 13.1. The molecule has 1 aromatic carbocycles. The molecule has 0 atom stereocenters. The Balaban J connectivity index is 2.16. The van der Waals surface area contributed by atoms with Crippen molar-refractivity contribution in [1.82, 2.24) is 0 Å². The summed E-state index contributed by atoms with van der Waals surface area (Å²) in [5.41, 5.74) is 0.535. The van der Waals surface area contributed by atoms with Crippen LogP contribution < -0.4 is 10.6 Å². The molecule has 0 aromatic heterocycles. The van der Waals surface area contributed by atoms with E-state index in [9.17, 15) is 4.39 Å². The third-order valence-corrected chi connectivity index (χ3v) is 2.77. The number of halogens is 2. The summed E-state index contributed by atoms with van der Waals surface area (Å²) in [5, 5.41) is 0.257. The largest absolute Gasteiger partial charge is 0.491 e. The minimum Gasteiger partial charge on any atom is -0.491 e. The molecule has 5 heteroatoms. The Hall–Kier alpha value is -0.840. The van der Waals surface area contributed by atoms with Gasteiger partial charge in [-0.3, -0.25) is 4.84 Å². The molecular weight excluding hydrogens is 233 g/mol. The first-order valence-electron chi connectivity index (χ1n) is 5.13. The van der Waals surface area contributed by atoms with E-state index in [4.69, 9.17) is 22.2 Å². The number of benzene rings is 1. The number of rotatable bonds is 5. The quantitative estimate of drug-likeness (QED) is 0.811. The highest BCUT2D eigenvalue weighted by Gasteiger charge is 2.23. The SMILES string of the molecule is NOCc1cc(F)cc(Cl)c1OCC1CC1. The summed E-state index contributed by atoms with van der Waals surface area (Å²) in [7, 11) is 0. The van der Waals surface area contributed by atoms with Gasteiger partial charge in [0.15, 0.2) is 0 Å². The summed E-state index contributed by atoms with van der Waals surface area (Å²) >= 11 is 5.91. The Morgan fingerprint density at radius 2 is 2.19 bits per heavy atom. The molecule has 0 amide bonds. The maximum Gasteiger partial charge on any atom is 0.143 e. The molecule has 3 nitrogen and oxygen atoms in total. The first-order chi connectivity index (χ1) is 7.70. The van der Waals surface area contributed by atoms with E-state index in [1.807, 2.05) is 0 Å². The second-order valence-corrected chi connectivity index (χ2v) is 4.35. The lowest BCUT2D eigenvalue weighted by molar-refractivity contribution is 0.121. The highest BCUT2D eigenvalue weighted by molar-refractivity contribution is 6.32. The van der Waals surface area contributed by atoms with Crippen LogP contribution in [0.1, 0.15) is 18.4 Å². The Bertz CT molecular complexity index is 382. The summed E-state index contributed by atoms with van der Waals surface area (Å²) in [5.74, 6) is 5.63. The highest BCUT2D eigenvalue weighted by Crippen LogP contribution is 2.34. The van der Waals surface area contributed by atoms with Crippen LogP contribution in [0, 0.1) is 11.7 Å². The minimum atomic E-state index is -0.421. The van der Waals surface area contributed by atoms with E-state index in [1.54, 1.807) is 0 Å². The number of nitrogens with two attached hydrogens (primary N) is 1. The van der Waals surface area contributed by atoms with Crippen molar-refractivity contribution in [2.75, 3.05) is 6.61 Å². The van der Waals surface area contributed by atoms with Crippen molar-refractivity contribution >= 4 is 11.6 Å². The van der Waals surface area contributed by atoms with Crippen molar-refractivity contribution in [1.29, 1.82) is 0 Å². The number of ether oxygens (including phenoxy) is 1. The highest BCUT2D eigenvalue weighted by atomic mass is 35.5. The van der Waals surface area contributed by atoms with Gasteiger partial charge in [0.2, 0.25) is 0 Å². The molecule has 1 fully saturated rings. The van der Waals surface area contributed by atoms with Crippen LogP contribution in [0.25, 0.3) is 0 Å². The van der Waals surface area contributed by atoms with E-state index in [0.29, 0.717) is 23.8 Å². The maximum absolute atomic E-state index is 13.1. The molecule has 16 heavy (non-hydrogen) atoms. The smallest absolute Gasteiger partial charge is 0.143 e. The lowest BCUT2D eigenvalue weighted by Crippen LogP contribution is -2.06. The van der Waals surface area contributed by atoms with Crippen molar-refractivity contribution in [3.05, 3.63) is 28.5 Å². The summed E-state index contributed by atoms with van der Waals surface area (Å²) < 4.78 is 18.7. The summed E-state index contributed by atoms with van der Waals surface area (Å²) in [6, 6.07) is 2.55. The zero-order chi connectivity index (χ0) is 11.5. The predicted octanol–water partition coefficient (Wildman–Crippen LogP) is 2.66. The normalized spacial score (nSPS) is 15.2. The van der Waals surface area contributed by atoms with Gasteiger partial charge < -0.3 is 4.74 Å². The van der Waals surface area contributed by atoms with E-state index in [-0.39, 0.29) is 11.6 Å². The lowest BCUT2D eigenvalue weighted by atomic mass is 10.2. The van der Waals surface area contributed by atoms with Crippen molar-refractivity contribution < 1.29 is 14.0 Å². The Kier molecular flexibility index (Phi) is 3.63. The fourth-order valence-corrected chi connectivity index (χ4v) is 1.74. The van der Waals surface area contributed by atoms with Gasteiger partial charge in [-0.1, -0.05) is 11.6 Å². The van der Waals surface area contributed by atoms with Gasteiger partial charge in [-0.05, 0) is 30.9 Å². The molecule has 0 radical (unpaired) electrons. The van der Waals surface area contributed by atoms with Gasteiger partial charge in [0.1, 0.15) is 11.6 Å². The summed E-state index contributed by atoms with van der Waals surface area (Å²) in [6.45, 7) is 0.695. The first-order valence-corrected chi connectivity index (χ1v) is 5.51. The van der Waals surface area contributed by atoms with Gasteiger partial charge in [-0.25, -0.2) is 10.3 Å². The van der Waals surface area contributed by atoms with Gasteiger partial charge in [0, 0.05) is 5.56 Å². The molecule has 0 saturated heterocycles. The topological polar surface area (TPSA) is 44.5 Å². The van der Waals surface area contributed by atoms with Crippen molar-refractivity contribution in [3.8, 4) is 5.75 Å². The van der Waals surface area contributed by atoms with Crippen LogP contribution in [0.15, 0.2) is 12.1 Å². The molecule has 1 aromatic rings. The fourth-order valence-electron chi connectivity index (χ4n) is 1.46. The van der Waals surface area contributed by atoms with E-state index in [0.717, 1.165) is 0 Å². The monoisotopic (exact) mass is 245 g/mol. The van der Waals surface area contributed by atoms with Gasteiger partial charge in [-0.2, -0.15) is 0 Å². The molecule has 1 saturated carbocycles. The lowest BCUT2D eigenvalue weighted by Gasteiger charge is -2.12. The molecule has 88 valence electrons. The molecule has 0 unspecified atom stereocenters. The van der Waals surface area contributed by atoms with Gasteiger partial charge in [0.05, 0.1) is 18.2 Å². The molecule has 1 aliphatic rings. The molecule has 2 rings (SSSR count). The first kappa shape index (κ1) is 11.6. The second-order valence-electron chi connectivity index (χ2n) is 3.94. The van der Waals surface area contributed by atoms with Crippen LogP contribution in [0.3, 0.4) is 0 Å². The molecule has 0 bridgehead atoms. The Morgan fingerprint density at radius 3 is 2.81 bits per heavy atom. The molecule has 0 spiro atoms. The molecule has 2 N–H and O–H groups in total. The Labute approximate surface area is 98.2 Å². The molecule has 0 heterocycles. The predicted molar refractivity (Wildman–Crippen MR) is 58.6 cm³/mol. The third-order valence-electron chi connectivity index (χ3n) is 2.48. The standard InChI is InChI=1S/C11H13ClFNO2/c12-10-4-9(13)3-8(6-16-14)11(10)15-5-7-1-2-7/h3-4,7H,1-2,5-6,14H2. The number of hydrogen-bond acceptors (Lipinski definition) is 3. The van der Waals surface area contributed by atoms with E-state index >= 15 is 0 Å².